The van der Waals surface area contributed by atoms with Gasteiger partial charge in [-0.1, -0.05) is 32.0 Å². The molecule has 0 heterocycles. The molecule has 0 saturated heterocycles. The van der Waals surface area contributed by atoms with Crippen LogP contribution in [0.4, 0.5) is 0 Å². The molecule has 0 aromatic heterocycles. The first kappa shape index (κ1) is 15.1. The molecule has 0 fully saturated rings. The van der Waals surface area contributed by atoms with E-state index < -0.39 is 10.0 Å². The standard InChI is InChI=1S/C13H22N2O2S/c1-10(2)8-12(14)9-15-18(16,17)13-7-5-4-6-11(13)3/h4-7,10,12,15H,8-9,14H2,1-3H3. The third-order valence-corrected chi connectivity index (χ3v) is 4.28. The van der Waals surface area contributed by atoms with Crippen molar-refractivity contribution in [3.63, 3.8) is 0 Å². The van der Waals surface area contributed by atoms with E-state index >= 15 is 0 Å². The van der Waals surface area contributed by atoms with Gasteiger partial charge in [-0.05, 0) is 30.9 Å². The second-order valence-corrected chi connectivity index (χ2v) is 6.74. The Morgan fingerprint density at radius 1 is 1.28 bits per heavy atom. The van der Waals surface area contributed by atoms with Crippen molar-refractivity contribution < 1.29 is 8.42 Å². The SMILES string of the molecule is Cc1ccccc1S(=O)(=O)NCC(N)CC(C)C. The van der Waals surface area contributed by atoms with E-state index in [4.69, 9.17) is 5.73 Å². The van der Waals surface area contributed by atoms with Crippen LogP contribution in [0.25, 0.3) is 0 Å². The van der Waals surface area contributed by atoms with Crippen LogP contribution in [-0.4, -0.2) is 21.0 Å². The van der Waals surface area contributed by atoms with Gasteiger partial charge in [-0.15, -0.1) is 0 Å². The first-order valence-electron chi connectivity index (χ1n) is 6.14. The monoisotopic (exact) mass is 270 g/mol. The van der Waals surface area contributed by atoms with Crippen LogP contribution < -0.4 is 10.5 Å². The molecule has 0 aliphatic heterocycles. The third-order valence-electron chi connectivity index (χ3n) is 2.69. The number of nitrogens with one attached hydrogen (secondary N) is 1. The van der Waals surface area contributed by atoms with E-state index in [1.54, 1.807) is 25.1 Å². The van der Waals surface area contributed by atoms with E-state index in [1.165, 1.54) is 0 Å². The Bertz CT molecular complexity index is 484. The largest absolute Gasteiger partial charge is 0.327 e. The molecule has 102 valence electrons. The summed E-state index contributed by atoms with van der Waals surface area (Å²) in [6.45, 7) is 6.18. The highest BCUT2D eigenvalue weighted by Crippen LogP contribution is 2.13. The first-order chi connectivity index (χ1) is 8.33. The zero-order valence-corrected chi connectivity index (χ0v) is 12.0. The lowest BCUT2D eigenvalue weighted by Gasteiger charge is -2.15. The number of benzene rings is 1. The molecular weight excluding hydrogens is 248 g/mol. The lowest BCUT2D eigenvalue weighted by atomic mass is 10.1. The molecule has 0 saturated carbocycles. The van der Waals surface area contributed by atoms with Gasteiger partial charge in [0.15, 0.2) is 0 Å². The maximum atomic E-state index is 12.1. The topological polar surface area (TPSA) is 72.2 Å². The average Bonchev–Trinajstić information content (AvgIpc) is 2.26. The smallest absolute Gasteiger partial charge is 0.240 e. The molecule has 0 aliphatic rings. The number of aryl methyl sites for hydroxylation is 1. The van der Waals surface area contributed by atoms with Crippen molar-refractivity contribution in [1.82, 2.24) is 4.72 Å². The van der Waals surface area contributed by atoms with Gasteiger partial charge in [0.1, 0.15) is 0 Å². The number of hydrogen-bond donors (Lipinski definition) is 2. The minimum absolute atomic E-state index is 0.149. The maximum absolute atomic E-state index is 12.1. The first-order valence-corrected chi connectivity index (χ1v) is 7.62. The molecule has 1 unspecified atom stereocenters. The summed E-state index contributed by atoms with van der Waals surface area (Å²) in [6, 6.07) is 6.77. The van der Waals surface area contributed by atoms with Gasteiger partial charge in [0.05, 0.1) is 4.90 Å². The van der Waals surface area contributed by atoms with Gasteiger partial charge in [0.2, 0.25) is 10.0 Å². The predicted octanol–water partition coefficient (Wildman–Crippen LogP) is 1.65. The molecular formula is C13H22N2O2S. The average molecular weight is 270 g/mol. The Morgan fingerprint density at radius 3 is 2.44 bits per heavy atom. The van der Waals surface area contributed by atoms with Crippen LogP contribution in [0.1, 0.15) is 25.8 Å². The van der Waals surface area contributed by atoms with Crippen molar-refractivity contribution in [3.8, 4) is 0 Å². The lowest BCUT2D eigenvalue weighted by Crippen LogP contribution is -2.38. The van der Waals surface area contributed by atoms with Crippen LogP contribution in [0.3, 0.4) is 0 Å². The van der Waals surface area contributed by atoms with E-state index in [2.05, 4.69) is 18.6 Å². The molecule has 0 amide bonds. The molecule has 5 heteroatoms. The van der Waals surface area contributed by atoms with Crippen LogP contribution >= 0.6 is 0 Å². The van der Waals surface area contributed by atoms with Crippen LogP contribution in [-0.2, 0) is 10.0 Å². The van der Waals surface area contributed by atoms with Gasteiger partial charge >= 0.3 is 0 Å². The minimum Gasteiger partial charge on any atom is -0.327 e. The number of rotatable bonds is 6. The number of nitrogens with two attached hydrogens (primary N) is 1. The van der Waals surface area contributed by atoms with Crippen LogP contribution in [0.5, 0.6) is 0 Å². The second kappa shape index (κ2) is 6.31. The fourth-order valence-electron chi connectivity index (χ4n) is 1.84. The van der Waals surface area contributed by atoms with E-state index in [0.717, 1.165) is 12.0 Å². The zero-order valence-electron chi connectivity index (χ0n) is 11.2. The predicted molar refractivity (Wildman–Crippen MR) is 73.8 cm³/mol. The Balaban J connectivity index is 2.69. The van der Waals surface area contributed by atoms with Crippen LogP contribution in [0.2, 0.25) is 0 Å². The molecule has 18 heavy (non-hydrogen) atoms. The van der Waals surface area contributed by atoms with Crippen molar-refractivity contribution in [2.75, 3.05) is 6.54 Å². The Labute approximate surface area is 110 Å². The summed E-state index contributed by atoms with van der Waals surface area (Å²) < 4.78 is 26.7. The highest BCUT2D eigenvalue weighted by molar-refractivity contribution is 7.89. The van der Waals surface area contributed by atoms with Gasteiger partial charge in [-0.2, -0.15) is 0 Å². The van der Waals surface area contributed by atoms with Crippen molar-refractivity contribution in [3.05, 3.63) is 29.8 Å². The fraction of sp³-hybridized carbons (Fsp3) is 0.538. The summed E-state index contributed by atoms with van der Waals surface area (Å²) in [5.74, 6) is 0.461. The summed E-state index contributed by atoms with van der Waals surface area (Å²) in [5, 5.41) is 0. The van der Waals surface area contributed by atoms with Crippen molar-refractivity contribution in [2.45, 2.75) is 38.1 Å². The molecule has 4 nitrogen and oxygen atoms in total. The normalized spacial score (nSPS) is 13.8. The van der Waals surface area contributed by atoms with E-state index in [0.29, 0.717) is 10.8 Å². The number of sulfonamides is 1. The summed E-state index contributed by atoms with van der Waals surface area (Å²) >= 11 is 0. The summed E-state index contributed by atoms with van der Waals surface area (Å²) in [7, 11) is -3.45. The molecule has 0 spiro atoms. The zero-order chi connectivity index (χ0) is 13.8. The van der Waals surface area contributed by atoms with Crippen molar-refractivity contribution in [2.24, 2.45) is 11.7 Å². The molecule has 1 atom stereocenters. The van der Waals surface area contributed by atoms with Gasteiger partial charge in [-0.25, -0.2) is 13.1 Å². The van der Waals surface area contributed by atoms with Crippen LogP contribution in [0, 0.1) is 12.8 Å². The molecule has 1 aromatic rings. The van der Waals surface area contributed by atoms with Gasteiger partial charge < -0.3 is 5.73 Å². The van der Waals surface area contributed by atoms with E-state index in [-0.39, 0.29) is 12.6 Å². The van der Waals surface area contributed by atoms with E-state index in [1.807, 2.05) is 6.07 Å². The van der Waals surface area contributed by atoms with Crippen molar-refractivity contribution in [1.29, 1.82) is 0 Å². The molecule has 0 radical (unpaired) electrons. The minimum atomic E-state index is -3.45. The van der Waals surface area contributed by atoms with E-state index in [9.17, 15) is 8.42 Å². The van der Waals surface area contributed by atoms with Gasteiger partial charge in [-0.3, -0.25) is 0 Å². The molecule has 0 aliphatic carbocycles. The molecule has 0 bridgehead atoms. The van der Waals surface area contributed by atoms with Crippen LogP contribution in [0.15, 0.2) is 29.2 Å². The summed E-state index contributed by atoms with van der Waals surface area (Å²) in [6.07, 6.45) is 0.802. The van der Waals surface area contributed by atoms with Gasteiger partial charge in [0.25, 0.3) is 0 Å². The number of hydrogen-bond acceptors (Lipinski definition) is 3. The third kappa shape index (κ3) is 4.40. The Kier molecular flexibility index (Phi) is 5.31. The highest BCUT2D eigenvalue weighted by Gasteiger charge is 2.17. The Morgan fingerprint density at radius 2 is 1.89 bits per heavy atom. The quantitative estimate of drug-likeness (QED) is 0.825. The Hall–Kier alpha value is -0.910. The fourth-order valence-corrected chi connectivity index (χ4v) is 3.18. The highest BCUT2D eigenvalue weighted by atomic mass is 32.2. The maximum Gasteiger partial charge on any atom is 0.240 e. The second-order valence-electron chi connectivity index (χ2n) is 5.01. The molecule has 1 rings (SSSR count). The summed E-state index contributed by atoms with van der Waals surface area (Å²) in [5.41, 5.74) is 6.61. The summed E-state index contributed by atoms with van der Waals surface area (Å²) in [4.78, 5) is 0.321. The molecule has 1 aromatic carbocycles. The lowest BCUT2D eigenvalue weighted by molar-refractivity contribution is 0.485. The van der Waals surface area contributed by atoms with Crippen molar-refractivity contribution >= 4 is 10.0 Å². The van der Waals surface area contributed by atoms with Gasteiger partial charge in [0, 0.05) is 12.6 Å². The molecule has 3 N–H and O–H groups in total.